The summed E-state index contributed by atoms with van der Waals surface area (Å²) < 4.78 is 38.8. The van der Waals surface area contributed by atoms with Crippen LogP contribution in [0.5, 0.6) is 0 Å². The zero-order chi connectivity index (χ0) is 27.4. The molecule has 39 heavy (non-hydrogen) atoms. The van der Waals surface area contributed by atoms with Crippen LogP contribution < -0.4 is 16.0 Å². The van der Waals surface area contributed by atoms with E-state index in [2.05, 4.69) is 30.9 Å². The Labute approximate surface area is 226 Å². The van der Waals surface area contributed by atoms with Gasteiger partial charge in [-0.25, -0.2) is 9.97 Å². The van der Waals surface area contributed by atoms with E-state index in [1.54, 1.807) is 24.5 Å². The molecule has 0 spiro atoms. The Balaban J connectivity index is 1.14. The molecule has 12 heteroatoms. The number of carbonyl (C=O) groups excluding carboxylic acids is 2. The third-order valence-electron chi connectivity index (χ3n) is 6.62. The van der Waals surface area contributed by atoms with Crippen LogP contribution in [-0.2, 0) is 17.5 Å². The third-order valence-corrected chi connectivity index (χ3v) is 7.43. The molecule has 3 N–H and O–H groups in total. The van der Waals surface area contributed by atoms with Crippen LogP contribution in [0.4, 0.5) is 23.9 Å². The van der Waals surface area contributed by atoms with Crippen molar-refractivity contribution in [3.05, 3.63) is 76.6 Å². The van der Waals surface area contributed by atoms with E-state index in [0.29, 0.717) is 34.3 Å². The number of hydrogen-bond acceptors (Lipinski definition) is 8. The molecule has 1 aliphatic heterocycles. The van der Waals surface area contributed by atoms with E-state index in [0.717, 1.165) is 55.1 Å². The maximum absolute atomic E-state index is 12.9. The standard InChI is InChI=1S/C27H25F3N6O2S/c28-27(29,30)18-5-3-16(4-6-18)23-17(2-1-12-31-23)15-33-19-7-9-20(10-8-19)34-25-32-13-11-21(35-25)14-22-24(37)36-26(38)39-22/h1-6,11-14,19-20,33H,7-10,15H2,(H,32,34,35)(H,36,37,38). The summed E-state index contributed by atoms with van der Waals surface area (Å²) in [5.74, 6) is 0.0359. The first-order valence-corrected chi connectivity index (χ1v) is 13.3. The predicted octanol–water partition coefficient (Wildman–Crippen LogP) is 5.39. The largest absolute Gasteiger partial charge is 0.416 e. The Kier molecular flexibility index (Phi) is 7.94. The number of nitrogens with one attached hydrogen (secondary N) is 3. The van der Waals surface area contributed by atoms with Gasteiger partial charge >= 0.3 is 6.18 Å². The molecule has 2 aromatic heterocycles. The van der Waals surface area contributed by atoms with Gasteiger partial charge in [-0.15, -0.1) is 0 Å². The summed E-state index contributed by atoms with van der Waals surface area (Å²) in [5.41, 5.74) is 2.09. The predicted molar refractivity (Wildman–Crippen MR) is 142 cm³/mol. The molecule has 1 aliphatic carbocycles. The summed E-state index contributed by atoms with van der Waals surface area (Å²) in [4.78, 5) is 36.6. The van der Waals surface area contributed by atoms with E-state index in [9.17, 15) is 22.8 Å². The number of alkyl halides is 3. The molecular formula is C27H25F3N6O2S. The highest BCUT2D eigenvalue weighted by Crippen LogP contribution is 2.31. The molecule has 3 aromatic rings. The highest BCUT2D eigenvalue weighted by molar-refractivity contribution is 8.18. The molecule has 0 atom stereocenters. The topological polar surface area (TPSA) is 109 Å². The molecule has 8 nitrogen and oxygen atoms in total. The second-order valence-corrected chi connectivity index (χ2v) is 10.3. The van der Waals surface area contributed by atoms with Gasteiger partial charge < -0.3 is 10.6 Å². The number of benzene rings is 1. The Hall–Kier alpha value is -3.77. The van der Waals surface area contributed by atoms with Crippen molar-refractivity contribution < 1.29 is 22.8 Å². The molecule has 2 amide bonds. The lowest BCUT2D eigenvalue weighted by molar-refractivity contribution is -0.137. The van der Waals surface area contributed by atoms with Crippen LogP contribution in [0.1, 0.15) is 42.5 Å². The molecule has 3 heterocycles. The van der Waals surface area contributed by atoms with E-state index in [1.807, 2.05) is 12.1 Å². The van der Waals surface area contributed by atoms with Crippen LogP contribution in [0.3, 0.4) is 0 Å². The number of halogens is 3. The quantitative estimate of drug-likeness (QED) is 0.334. The van der Waals surface area contributed by atoms with Gasteiger partial charge in [-0.2, -0.15) is 13.2 Å². The summed E-state index contributed by atoms with van der Waals surface area (Å²) in [7, 11) is 0. The summed E-state index contributed by atoms with van der Waals surface area (Å²) in [6, 6.07) is 11.0. The highest BCUT2D eigenvalue weighted by atomic mass is 32.2. The number of amides is 2. The Bertz CT molecular complexity index is 1390. The van der Waals surface area contributed by atoms with E-state index in [1.165, 1.54) is 12.1 Å². The van der Waals surface area contributed by atoms with Crippen LogP contribution in [0.2, 0.25) is 0 Å². The molecule has 202 valence electrons. The van der Waals surface area contributed by atoms with Crippen LogP contribution >= 0.6 is 11.8 Å². The summed E-state index contributed by atoms with van der Waals surface area (Å²) in [6.45, 7) is 0.556. The maximum atomic E-state index is 12.9. The van der Waals surface area contributed by atoms with Crippen molar-refractivity contribution in [2.24, 2.45) is 0 Å². The SMILES string of the molecule is O=C1NC(=O)C(=Cc2ccnc(NC3CCC(NCc4cccnc4-c4ccc(C(F)(F)F)cc4)CC3)n2)S1. The van der Waals surface area contributed by atoms with Gasteiger partial charge in [0.1, 0.15) is 0 Å². The van der Waals surface area contributed by atoms with Gasteiger partial charge in [0, 0.05) is 36.6 Å². The van der Waals surface area contributed by atoms with Crippen molar-refractivity contribution >= 4 is 34.9 Å². The lowest BCUT2D eigenvalue weighted by Crippen LogP contribution is -2.37. The van der Waals surface area contributed by atoms with E-state index >= 15 is 0 Å². The fourth-order valence-corrected chi connectivity index (χ4v) is 5.28. The van der Waals surface area contributed by atoms with Gasteiger partial charge in [-0.1, -0.05) is 18.2 Å². The first-order chi connectivity index (χ1) is 18.7. The van der Waals surface area contributed by atoms with Crippen molar-refractivity contribution in [3.63, 3.8) is 0 Å². The van der Waals surface area contributed by atoms with Gasteiger partial charge in [-0.3, -0.25) is 19.9 Å². The zero-order valence-electron chi connectivity index (χ0n) is 20.7. The molecule has 2 fully saturated rings. The van der Waals surface area contributed by atoms with Crippen molar-refractivity contribution in [1.29, 1.82) is 0 Å². The number of pyridine rings is 1. The summed E-state index contributed by atoms with van der Waals surface area (Å²) >= 11 is 0.843. The Morgan fingerprint density at radius 3 is 2.41 bits per heavy atom. The lowest BCUT2D eigenvalue weighted by atomic mass is 9.91. The molecule has 0 radical (unpaired) electrons. The Morgan fingerprint density at radius 2 is 1.72 bits per heavy atom. The summed E-state index contributed by atoms with van der Waals surface area (Å²) in [6.07, 6.45) is 4.10. The number of aromatic nitrogens is 3. The van der Waals surface area contributed by atoms with Gasteiger partial charge in [-0.05, 0) is 73.4 Å². The lowest BCUT2D eigenvalue weighted by Gasteiger charge is -2.30. The monoisotopic (exact) mass is 554 g/mol. The second kappa shape index (κ2) is 11.5. The zero-order valence-corrected chi connectivity index (χ0v) is 21.5. The Morgan fingerprint density at radius 1 is 0.974 bits per heavy atom. The van der Waals surface area contributed by atoms with Crippen LogP contribution in [-0.4, -0.2) is 38.2 Å². The fraction of sp³-hybridized carbons (Fsp3) is 0.296. The average molecular weight is 555 g/mol. The van der Waals surface area contributed by atoms with Crippen molar-refractivity contribution in [2.75, 3.05) is 5.32 Å². The summed E-state index contributed by atoms with van der Waals surface area (Å²) in [5, 5.41) is 8.76. The first kappa shape index (κ1) is 26.8. The minimum Gasteiger partial charge on any atom is -0.351 e. The molecule has 1 saturated heterocycles. The van der Waals surface area contributed by atoms with Gasteiger partial charge in [0.2, 0.25) is 5.95 Å². The van der Waals surface area contributed by atoms with Crippen molar-refractivity contribution in [2.45, 2.75) is 50.5 Å². The molecule has 5 rings (SSSR count). The average Bonchev–Trinajstić information content (AvgIpc) is 3.24. The van der Waals surface area contributed by atoms with Crippen LogP contribution in [0.25, 0.3) is 17.3 Å². The van der Waals surface area contributed by atoms with E-state index in [4.69, 9.17) is 0 Å². The normalized spacial score (nSPS) is 20.7. The minimum atomic E-state index is -4.37. The number of rotatable bonds is 7. The first-order valence-electron chi connectivity index (χ1n) is 12.4. The van der Waals surface area contributed by atoms with Gasteiger partial charge in [0.05, 0.1) is 21.9 Å². The smallest absolute Gasteiger partial charge is 0.351 e. The van der Waals surface area contributed by atoms with Crippen LogP contribution in [0.15, 0.2) is 59.8 Å². The minimum absolute atomic E-state index is 0.192. The molecule has 0 bridgehead atoms. The third kappa shape index (κ3) is 6.82. The highest BCUT2D eigenvalue weighted by Gasteiger charge is 2.30. The number of hydrogen-bond donors (Lipinski definition) is 3. The number of imide groups is 1. The van der Waals surface area contributed by atoms with E-state index < -0.39 is 22.9 Å². The number of nitrogens with zero attached hydrogens (tertiary/aromatic N) is 3. The molecule has 0 unspecified atom stereocenters. The van der Waals surface area contributed by atoms with Gasteiger partial charge in [0.25, 0.3) is 11.1 Å². The second-order valence-electron chi connectivity index (χ2n) is 9.32. The van der Waals surface area contributed by atoms with Crippen molar-refractivity contribution in [1.82, 2.24) is 25.6 Å². The molecule has 1 saturated carbocycles. The van der Waals surface area contributed by atoms with Gasteiger partial charge in [0.15, 0.2) is 0 Å². The molecule has 2 aliphatic rings. The number of thioether (sulfide) groups is 1. The molecule has 1 aromatic carbocycles. The molecular weight excluding hydrogens is 529 g/mol. The number of carbonyl (C=O) groups is 2. The maximum Gasteiger partial charge on any atom is 0.416 e. The van der Waals surface area contributed by atoms with E-state index in [-0.39, 0.29) is 12.1 Å². The number of anilines is 1. The fourth-order valence-electron chi connectivity index (χ4n) is 4.61. The van der Waals surface area contributed by atoms with Crippen molar-refractivity contribution in [3.8, 4) is 11.3 Å². The van der Waals surface area contributed by atoms with Crippen LogP contribution in [0, 0.1) is 0 Å².